The van der Waals surface area contributed by atoms with E-state index in [9.17, 15) is 10.0 Å². The molecular weight excluding hydrogens is 328 g/mol. The van der Waals surface area contributed by atoms with Crippen molar-refractivity contribution in [3.8, 4) is 11.3 Å². The van der Waals surface area contributed by atoms with E-state index in [1.807, 2.05) is 0 Å². The van der Waals surface area contributed by atoms with Gasteiger partial charge in [-0.15, -0.1) is 0 Å². The van der Waals surface area contributed by atoms with E-state index in [0.29, 0.717) is 38.3 Å². The fourth-order valence-electron chi connectivity index (χ4n) is 2.93. The normalized spacial score (nSPS) is 11.4. The number of halogens is 1. The Balaban J connectivity index is 2.20. The molecule has 0 unspecified atom stereocenters. The minimum atomic E-state index is -0.229. The van der Waals surface area contributed by atoms with Gasteiger partial charge in [0.15, 0.2) is 5.65 Å². The minimum absolute atomic E-state index is 0.229. The molecule has 0 spiro atoms. The zero-order valence-corrected chi connectivity index (χ0v) is 13.4. The number of aryl methyl sites for hydroxylation is 1. The molecule has 0 amide bonds. The highest BCUT2D eigenvalue weighted by molar-refractivity contribution is 6.31. The van der Waals surface area contributed by atoms with Gasteiger partial charge in [-0.3, -0.25) is 4.79 Å². The number of pyridine rings is 1. The van der Waals surface area contributed by atoms with Gasteiger partial charge in [-0.1, -0.05) is 23.7 Å². The van der Waals surface area contributed by atoms with Crippen LogP contribution in [0.4, 0.5) is 5.69 Å². The van der Waals surface area contributed by atoms with Crippen molar-refractivity contribution in [2.75, 3.05) is 5.73 Å². The number of hydrogen-bond donors (Lipinski definition) is 2. The summed E-state index contributed by atoms with van der Waals surface area (Å²) < 4.78 is 2.45. The molecule has 0 saturated heterocycles. The Morgan fingerprint density at radius 3 is 2.58 bits per heavy atom. The lowest BCUT2D eigenvalue weighted by Gasteiger charge is -2.07. The summed E-state index contributed by atoms with van der Waals surface area (Å²) in [6.45, 7) is 0. The first-order valence-electron chi connectivity index (χ1n) is 7.23. The second kappa shape index (κ2) is 5.01. The van der Waals surface area contributed by atoms with Crippen LogP contribution < -0.4 is 11.2 Å². The lowest BCUT2D eigenvalue weighted by atomic mass is 10.1. The standard InChI is InChI=1S/C17H13ClN4O2/c1-21-17-14(15(20-21)9-2-5-11(19)6-3-9)16(23)12-8-10(18)4-7-13(12)22(17)24/h2-8,24H,19H2,1H3. The smallest absolute Gasteiger partial charge is 0.201 e. The molecule has 24 heavy (non-hydrogen) atoms. The van der Waals surface area contributed by atoms with Gasteiger partial charge in [0.2, 0.25) is 5.43 Å². The predicted octanol–water partition coefficient (Wildman–Crippen LogP) is 3.03. The van der Waals surface area contributed by atoms with Crippen molar-refractivity contribution in [1.29, 1.82) is 0 Å². The second-order valence-electron chi connectivity index (χ2n) is 5.60. The van der Waals surface area contributed by atoms with E-state index in [-0.39, 0.29) is 5.43 Å². The minimum Gasteiger partial charge on any atom is -0.426 e. The zero-order valence-electron chi connectivity index (χ0n) is 12.7. The van der Waals surface area contributed by atoms with Gasteiger partial charge < -0.3 is 10.9 Å². The summed E-state index contributed by atoms with van der Waals surface area (Å²) in [6, 6.07) is 11.8. The van der Waals surface area contributed by atoms with Crippen LogP contribution in [-0.2, 0) is 7.05 Å². The Morgan fingerprint density at radius 1 is 1.17 bits per heavy atom. The molecule has 4 aromatic rings. The van der Waals surface area contributed by atoms with E-state index < -0.39 is 0 Å². The molecule has 2 heterocycles. The van der Waals surface area contributed by atoms with Crippen molar-refractivity contribution in [3.63, 3.8) is 0 Å². The summed E-state index contributed by atoms with van der Waals surface area (Å²) in [5.74, 6) is 0. The van der Waals surface area contributed by atoms with Crippen molar-refractivity contribution in [2.45, 2.75) is 0 Å². The molecule has 0 radical (unpaired) electrons. The summed E-state index contributed by atoms with van der Waals surface area (Å²) in [7, 11) is 1.68. The Hall–Kier alpha value is -2.99. The predicted molar refractivity (Wildman–Crippen MR) is 94.5 cm³/mol. The average molecular weight is 341 g/mol. The number of hydrogen-bond acceptors (Lipinski definition) is 4. The number of nitrogens with two attached hydrogens (primary N) is 1. The lowest BCUT2D eigenvalue weighted by molar-refractivity contribution is 0.207. The number of benzene rings is 2. The first-order chi connectivity index (χ1) is 11.5. The Kier molecular flexibility index (Phi) is 3.04. The molecule has 0 aliphatic heterocycles. The third-order valence-electron chi connectivity index (χ3n) is 4.06. The number of nitrogens with zero attached hydrogens (tertiary/aromatic N) is 3. The van der Waals surface area contributed by atoms with Gasteiger partial charge >= 0.3 is 0 Å². The van der Waals surface area contributed by atoms with Crippen molar-refractivity contribution in [2.24, 2.45) is 7.05 Å². The van der Waals surface area contributed by atoms with Crippen LogP contribution >= 0.6 is 11.6 Å². The van der Waals surface area contributed by atoms with Gasteiger partial charge in [-0.2, -0.15) is 9.83 Å². The number of anilines is 1. The van der Waals surface area contributed by atoms with E-state index in [1.54, 1.807) is 49.5 Å². The maximum Gasteiger partial charge on any atom is 0.201 e. The van der Waals surface area contributed by atoms with Crippen molar-refractivity contribution in [3.05, 3.63) is 57.7 Å². The maximum absolute atomic E-state index is 13.0. The van der Waals surface area contributed by atoms with Crippen LogP contribution in [0.3, 0.4) is 0 Å². The summed E-state index contributed by atoms with van der Waals surface area (Å²) >= 11 is 6.01. The molecule has 0 atom stereocenters. The topological polar surface area (TPSA) is 86.1 Å². The highest BCUT2D eigenvalue weighted by atomic mass is 35.5. The molecule has 0 fully saturated rings. The highest BCUT2D eigenvalue weighted by Gasteiger charge is 2.20. The van der Waals surface area contributed by atoms with Gasteiger partial charge in [0.1, 0.15) is 5.69 Å². The van der Waals surface area contributed by atoms with Crippen LogP contribution in [0, 0.1) is 0 Å². The molecule has 2 aromatic heterocycles. The van der Waals surface area contributed by atoms with Crippen molar-refractivity contribution >= 4 is 39.2 Å². The molecule has 0 saturated carbocycles. The Labute approximate surface area is 141 Å². The molecular formula is C17H13ClN4O2. The molecule has 6 nitrogen and oxygen atoms in total. The molecule has 3 N–H and O–H groups in total. The third kappa shape index (κ3) is 1.97. The first-order valence-corrected chi connectivity index (χ1v) is 7.61. The van der Waals surface area contributed by atoms with Gasteiger partial charge in [0.05, 0.1) is 16.3 Å². The maximum atomic E-state index is 13.0. The summed E-state index contributed by atoms with van der Waals surface area (Å²) in [5, 5.41) is 16.1. The van der Waals surface area contributed by atoms with Crippen LogP contribution in [0.15, 0.2) is 47.3 Å². The Bertz CT molecular complexity index is 1160. The number of aromatic nitrogens is 3. The summed E-state index contributed by atoms with van der Waals surface area (Å²) in [6.07, 6.45) is 0. The van der Waals surface area contributed by atoms with Gasteiger partial charge in [0.25, 0.3) is 0 Å². The lowest BCUT2D eigenvalue weighted by Crippen LogP contribution is -2.11. The van der Waals surface area contributed by atoms with Crippen molar-refractivity contribution < 1.29 is 5.21 Å². The number of rotatable bonds is 1. The molecule has 0 aliphatic carbocycles. The zero-order chi connectivity index (χ0) is 17.0. The number of nitrogen functional groups attached to an aromatic ring is 1. The molecule has 4 rings (SSSR count). The van der Waals surface area contributed by atoms with E-state index in [2.05, 4.69) is 5.10 Å². The van der Waals surface area contributed by atoms with E-state index in [0.717, 1.165) is 10.3 Å². The van der Waals surface area contributed by atoms with Gasteiger partial charge in [0, 0.05) is 23.3 Å². The van der Waals surface area contributed by atoms with E-state index >= 15 is 0 Å². The fourth-order valence-corrected chi connectivity index (χ4v) is 3.11. The van der Waals surface area contributed by atoms with Gasteiger partial charge in [-0.25, -0.2) is 4.68 Å². The van der Waals surface area contributed by atoms with Gasteiger partial charge in [-0.05, 0) is 30.3 Å². The quantitative estimate of drug-likeness (QED) is 0.412. The number of fused-ring (bicyclic) bond motifs is 2. The van der Waals surface area contributed by atoms with Crippen LogP contribution in [-0.4, -0.2) is 19.7 Å². The fraction of sp³-hybridized carbons (Fsp3) is 0.0588. The molecule has 7 heteroatoms. The molecule has 0 bridgehead atoms. The van der Waals surface area contributed by atoms with E-state index in [1.165, 1.54) is 4.68 Å². The second-order valence-corrected chi connectivity index (χ2v) is 6.03. The Morgan fingerprint density at radius 2 is 1.88 bits per heavy atom. The van der Waals surface area contributed by atoms with Crippen LogP contribution in [0.1, 0.15) is 0 Å². The van der Waals surface area contributed by atoms with E-state index in [4.69, 9.17) is 17.3 Å². The van der Waals surface area contributed by atoms with Crippen LogP contribution in [0.5, 0.6) is 0 Å². The average Bonchev–Trinajstić information content (AvgIpc) is 2.91. The first kappa shape index (κ1) is 14.6. The van der Waals surface area contributed by atoms with Crippen LogP contribution in [0.2, 0.25) is 5.02 Å². The summed E-state index contributed by atoms with van der Waals surface area (Å²) in [5.41, 5.74) is 8.05. The van der Waals surface area contributed by atoms with Crippen molar-refractivity contribution in [1.82, 2.24) is 14.5 Å². The van der Waals surface area contributed by atoms with Crippen LogP contribution in [0.25, 0.3) is 33.2 Å². The third-order valence-corrected chi connectivity index (χ3v) is 4.30. The SMILES string of the molecule is Cn1nc(-c2ccc(N)cc2)c2c(=O)c3cc(Cl)ccc3n(O)c21. The monoisotopic (exact) mass is 340 g/mol. The summed E-state index contributed by atoms with van der Waals surface area (Å²) in [4.78, 5) is 13.0. The molecule has 120 valence electrons. The largest absolute Gasteiger partial charge is 0.426 e. The highest BCUT2D eigenvalue weighted by Crippen LogP contribution is 2.28. The molecule has 2 aromatic carbocycles. The molecule has 0 aliphatic rings.